The third kappa shape index (κ3) is 17.4. The third-order valence-corrected chi connectivity index (χ3v) is 16.3. The largest absolute Gasteiger partial charge is 0.463 e. The number of allylic oxidation sites excluding steroid dienone is 1. The summed E-state index contributed by atoms with van der Waals surface area (Å²) in [6, 6.07) is 9.41. The maximum Gasteiger partial charge on any atom is 0.321 e. The highest BCUT2D eigenvalue weighted by Gasteiger charge is 2.56. The molecule has 1 aromatic carbocycles. The van der Waals surface area contributed by atoms with Crippen molar-refractivity contribution in [1.82, 2.24) is 0 Å². The lowest BCUT2D eigenvalue weighted by Gasteiger charge is -2.50. The topological polar surface area (TPSA) is 172 Å². The summed E-state index contributed by atoms with van der Waals surface area (Å²) >= 11 is 6.02. The lowest BCUT2D eigenvalue weighted by atomic mass is 9.96. The Hall–Kier alpha value is -2.99. The molecule has 1 aromatic rings. The summed E-state index contributed by atoms with van der Waals surface area (Å²) in [7, 11) is -2.78. The van der Waals surface area contributed by atoms with E-state index in [4.69, 9.17) is 53.9 Å². The Morgan fingerprint density at radius 1 is 0.889 bits per heavy atom. The van der Waals surface area contributed by atoms with Gasteiger partial charge in [0.15, 0.2) is 33.1 Å². The van der Waals surface area contributed by atoms with E-state index in [1.54, 1.807) is 19.1 Å². The number of benzene rings is 1. The Labute approximate surface area is 380 Å². The van der Waals surface area contributed by atoms with Crippen molar-refractivity contribution >= 4 is 43.6 Å². The molecule has 0 aliphatic carbocycles. The molecule has 0 spiro atoms. The number of aliphatic hydroxyl groups excluding tert-OH is 1. The van der Waals surface area contributed by atoms with Crippen LogP contribution in [0.2, 0.25) is 18.1 Å². The molecule has 0 saturated carbocycles. The molecule has 2 aliphatic rings. The fourth-order valence-corrected chi connectivity index (χ4v) is 8.46. The van der Waals surface area contributed by atoms with Gasteiger partial charge in [0.1, 0.15) is 48.8 Å². The van der Waals surface area contributed by atoms with Crippen molar-refractivity contribution in [1.29, 1.82) is 0 Å². The van der Waals surface area contributed by atoms with E-state index in [1.165, 1.54) is 6.92 Å². The van der Waals surface area contributed by atoms with Crippen LogP contribution in [0.5, 0.6) is 0 Å². The number of ether oxygens (including phenoxy) is 8. The summed E-state index contributed by atoms with van der Waals surface area (Å²) in [6.07, 6.45) is -3.59. The molecule has 2 aliphatic heterocycles. The van der Waals surface area contributed by atoms with Crippen LogP contribution < -0.4 is 0 Å². The number of carbonyl (C=O) groups excluding carboxylic acids is 4. The lowest BCUT2D eigenvalue weighted by Crippen LogP contribution is -2.67. The molecular weight excluding hydrogens is 852 g/mol. The quantitative estimate of drug-likeness (QED) is 0.0224. The van der Waals surface area contributed by atoms with Crippen LogP contribution >= 0.6 is 11.6 Å². The Morgan fingerprint density at radius 2 is 1.60 bits per heavy atom. The number of rotatable bonds is 27. The van der Waals surface area contributed by atoms with Gasteiger partial charge in [0.05, 0.1) is 25.2 Å². The first kappa shape index (κ1) is 54.3. The Bertz CT molecular complexity index is 1590. The number of halogens is 1. The van der Waals surface area contributed by atoms with Gasteiger partial charge in [0, 0.05) is 19.8 Å². The Balaban J connectivity index is 2.14. The second kappa shape index (κ2) is 26.8. The van der Waals surface area contributed by atoms with Crippen molar-refractivity contribution in [3.05, 3.63) is 61.2 Å². The minimum Gasteiger partial charge on any atom is -0.463 e. The molecule has 0 radical (unpaired) electrons. The van der Waals surface area contributed by atoms with Crippen LogP contribution in [-0.2, 0) is 68.1 Å². The SMILES string of the molecule is C=CCCCC(=O)CCC(=O)OC[C@H]1O[C@@H](O[C@H]2[C@H](O[C@H](CC=C)CCCCC)O[C@H](C)[C@H](OC(C)=O)[C@@H]2OCc2ccccc2)[C@H](OC(=O)CCl)[C@@H](O[Si](C)(C)C(C)(C)C)[C@@H]1O. The monoisotopic (exact) mass is 924 g/mol. The lowest BCUT2D eigenvalue weighted by molar-refractivity contribution is -0.372. The average Bonchev–Trinajstić information content (AvgIpc) is 3.22. The highest BCUT2D eigenvalue weighted by Crippen LogP contribution is 2.41. The zero-order chi connectivity index (χ0) is 46.7. The third-order valence-electron chi connectivity index (χ3n) is 11.6. The maximum atomic E-state index is 13.2. The molecule has 2 heterocycles. The van der Waals surface area contributed by atoms with Gasteiger partial charge in [-0.2, -0.15) is 0 Å². The Kier molecular flexibility index (Phi) is 23.2. The van der Waals surface area contributed by atoms with Gasteiger partial charge in [0.25, 0.3) is 0 Å². The molecule has 0 unspecified atom stereocenters. The predicted octanol–water partition coefficient (Wildman–Crippen LogP) is 8.05. The first-order valence-corrected chi connectivity index (χ1v) is 25.7. The number of unbranched alkanes of at least 4 members (excludes halogenated alkanes) is 3. The van der Waals surface area contributed by atoms with E-state index in [1.807, 2.05) is 64.2 Å². The average molecular weight is 926 g/mol. The summed E-state index contributed by atoms with van der Waals surface area (Å²) in [5, 5.41) is 11.7. The van der Waals surface area contributed by atoms with Crippen LogP contribution in [0.25, 0.3) is 0 Å². The van der Waals surface area contributed by atoms with E-state index in [9.17, 15) is 24.3 Å². The number of esters is 3. The van der Waals surface area contributed by atoms with Crippen molar-refractivity contribution in [3.8, 4) is 0 Å². The number of aliphatic hydroxyl groups is 1. The van der Waals surface area contributed by atoms with Crippen molar-refractivity contribution in [2.75, 3.05) is 12.5 Å². The molecule has 11 atom stereocenters. The molecule has 0 amide bonds. The number of hydrogen-bond donors (Lipinski definition) is 1. The Morgan fingerprint density at radius 3 is 2.22 bits per heavy atom. The van der Waals surface area contributed by atoms with Crippen molar-refractivity contribution in [3.63, 3.8) is 0 Å². The minimum absolute atomic E-state index is 0.00992. The zero-order valence-corrected chi connectivity index (χ0v) is 40.4. The van der Waals surface area contributed by atoms with Crippen LogP contribution in [0, 0.1) is 0 Å². The molecule has 2 saturated heterocycles. The molecule has 0 bridgehead atoms. The fourth-order valence-electron chi connectivity index (χ4n) is 7.09. The molecule has 356 valence electrons. The van der Waals surface area contributed by atoms with Gasteiger partial charge in [-0.15, -0.1) is 24.8 Å². The van der Waals surface area contributed by atoms with Crippen LogP contribution in [-0.4, -0.2) is 117 Å². The highest BCUT2D eigenvalue weighted by molar-refractivity contribution is 6.74. The number of alkyl halides is 1. The van der Waals surface area contributed by atoms with E-state index in [2.05, 4.69) is 20.1 Å². The van der Waals surface area contributed by atoms with E-state index in [0.29, 0.717) is 32.1 Å². The van der Waals surface area contributed by atoms with Gasteiger partial charge < -0.3 is 47.4 Å². The van der Waals surface area contributed by atoms with Crippen LogP contribution in [0.1, 0.15) is 111 Å². The van der Waals surface area contributed by atoms with Crippen molar-refractivity contribution < 1.29 is 66.6 Å². The number of carbonyl (C=O) groups is 4. The van der Waals surface area contributed by atoms with Gasteiger partial charge in [-0.25, -0.2) is 0 Å². The van der Waals surface area contributed by atoms with E-state index in [-0.39, 0.29) is 36.4 Å². The van der Waals surface area contributed by atoms with Crippen molar-refractivity contribution in [2.24, 2.45) is 0 Å². The molecule has 1 N–H and O–H groups in total. The van der Waals surface area contributed by atoms with Crippen LogP contribution in [0.15, 0.2) is 55.6 Å². The zero-order valence-electron chi connectivity index (χ0n) is 38.6. The van der Waals surface area contributed by atoms with Gasteiger partial charge in [-0.05, 0) is 56.3 Å². The molecule has 2 fully saturated rings. The summed E-state index contributed by atoms with van der Waals surface area (Å²) in [4.78, 5) is 51.3. The fraction of sp³-hybridized carbons (Fsp3) is 0.702. The van der Waals surface area contributed by atoms with E-state index < -0.39 is 100 Å². The standard InChI is InChI=1S/C47H73ClO14Si/c1-11-14-17-24-34(50)26-27-37(51)54-30-36-39(53)41(62-63(9,10)47(6,7)8)43(60-38(52)28-48)46(59-36)61-44-42(55-29-33-22-19-16-20-23-33)40(57-32(5)49)31(4)56-45(44)58-35(21-13-3)25-18-15-12-2/h11,13,16,19-20,22-23,31,35-36,39-46,53H,1,3,12,14-15,17-18,21,24-30H2,2,4-10H3/t31-,35-,36-,39-,40+,41+,42+,43-,44-,45+,46+/m1/s1. The minimum atomic E-state index is -2.78. The summed E-state index contributed by atoms with van der Waals surface area (Å²) in [6.45, 7) is 22.4. The first-order valence-electron chi connectivity index (χ1n) is 22.3. The first-order chi connectivity index (χ1) is 29.8. The van der Waals surface area contributed by atoms with Crippen LogP contribution in [0.3, 0.4) is 0 Å². The molecule has 3 rings (SSSR count). The molecular formula is C47H73ClO14Si. The smallest absolute Gasteiger partial charge is 0.321 e. The maximum absolute atomic E-state index is 13.2. The molecule has 14 nitrogen and oxygen atoms in total. The van der Waals surface area contributed by atoms with E-state index >= 15 is 0 Å². The molecule has 63 heavy (non-hydrogen) atoms. The van der Waals surface area contributed by atoms with Gasteiger partial charge in [-0.1, -0.05) is 89.4 Å². The summed E-state index contributed by atoms with van der Waals surface area (Å²) < 4.78 is 57.5. The second-order valence-electron chi connectivity index (χ2n) is 17.8. The summed E-state index contributed by atoms with van der Waals surface area (Å²) in [5.74, 6) is -2.71. The summed E-state index contributed by atoms with van der Waals surface area (Å²) in [5.41, 5.74) is 0.827. The number of Topliss-reactive ketones (excluding diaryl/α,β-unsaturated/α-hetero) is 1. The van der Waals surface area contributed by atoms with E-state index in [0.717, 1.165) is 24.8 Å². The van der Waals surface area contributed by atoms with Crippen LogP contribution in [0.4, 0.5) is 0 Å². The molecule has 16 heteroatoms. The van der Waals surface area contributed by atoms with Gasteiger partial charge >= 0.3 is 17.9 Å². The molecule has 0 aromatic heterocycles. The normalized spacial score (nSPS) is 26.9. The predicted molar refractivity (Wildman–Crippen MR) is 240 cm³/mol. The second-order valence-corrected chi connectivity index (χ2v) is 22.8. The number of ketones is 1. The van der Waals surface area contributed by atoms with Gasteiger partial charge in [0.2, 0.25) is 0 Å². The number of hydrogen-bond acceptors (Lipinski definition) is 14. The highest BCUT2D eigenvalue weighted by atomic mass is 35.5. The van der Waals surface area contributed by atoms with Gasteiger partial charge in [-0.3, -0.25) is 19.2 Å². The van der Waals surface area contributed by atoms with Crippen molar-refractivity contribution in [2.45, 2.75) is 198 Å².